The van der Waals surface area contributed by atoms with Gasteiger partial charge in [0.15, 0.2) is 0 Å². The van der Waals surface area contributed by atoms with Gasteiger partial charge in [-0.1, -0.05) is 17.8 Å². The number of anilines is 1. The second-order valence-electron chi connectivity index (χ2n) is 3.40. The van der Waals surface area contributed by atoms with Crippen LogP contribution in [0, 0.1) is 17.1 Å². The quantitative estimate of drug-likeness (QED) is 0.823. The first-order valence-corrected chi connectivity index (χ1v) is 5.74. The Balaban J connectivity index is 2.34. The predicted octanol–water partition coefficient (Wildman–Crippen LogP) is 3.43. The molecule has 0 aromatic heterocycles. The van der Waals surface area contributed by atoms with E-state index in [0.29, 0.717) is 10.6 Å². The molecule has 0 radical (unpaired) electrons. The zero-order valence-electron chi connectivity index (χ0n) is 8.85. The van der Waals surface area contributed by atoms with Crippen molar-refractivity contribution in [3.05, 3.63) is 53.8 Å². The van der Waals surface area contributed by atoms with E-state index in [2.05, 4.69) is 0 Å². The van der Waals surface area contributed by atoms with Gasteiger partial charge in [-0.3, -0.25) is 0 Å². The highest BCUT2D eigenvalue weighted by molar-refractivity contribution is 7.99. The fourth-order valence-electron chi connectivity index (χ4n) is 1.36. The Morgan fingerprint density at radius 3 is 2.47 bits per heavy atom. The fraction of sp³-hybridized carbons (Fsp3) is 0. The van der Waals surface area contributed by atoms with Gasteiger partial charge in [0, 0.05) is 15.5 Å². The number of halogens is 1. The number of nitriles is 1. The first-order valence-electron chi connectivity index (χ1n) is 4.92. The molecule has 0 saturated carbocycles. The van der Waals surface area contributed by atoms with Crippen molar-refractivity contribution in [3.63, 3.8) is 0 Å². The standard InChI is InChI=1S/C13H9FN2S/c14-12-2-1-3-13(11(12)8-15)17-10-6-4-9(16)5-7-10/h1-7H,16H2. The first-order chi connectivity index (χ1) is 8.20. The largest absolute Gasteiger partial charge is 0.399 e. The van der Waals surface area contributed by atoms with Gasteiger partial charge in [-0.15, -0.1) is 0 Å². The van der Waals surface area contributed by atoms with Crippen LogP contribution in [0.2, 0.25) is 0 Å². The Bertz CT molecular complexity index is 573. The van der Waals surface area contributed by atoms with Crippen LogP contribution in [0.1, 0.15) is 5.56 Å². The molecule has 0 bridgehead atoms. The SMILES string of the molecule is N#Cc1c(F)cccc1Sc1ccc(N)cc1. The van der Waals surface area contributed by atoms with E-state index in [1.807, 2.05) is 18.2 Å². The number of rotatable bonds is 2. The molecule has 0 amide bonds. The van der Waals surface area contributed by atoms with E-state index in [4.69, 9.17) is 11.0 Å². The molecule has 0 unspecified atom stereocenters. The van der Waals surface area contributed by atoms with Crippen molar-refractivity contribution in [2.45, 2.75) is 9.79 Å². The third-order valence-corrected chi connectivity index (χ3v) is 3.26. The monoisotopic (exact) mass is 244 g/mol. The molecule has 0 atom stereocenters. The molecule has 2 aromatic rings. The lowest BCUT2D eigenvalue weighted by molar-refractivity contribution is 0.620. The molecule has 2 rings (SSSR count). The molecule has 2 nitrogen and oxygen atoms in total. The number of benzene rings is 2. The smallest absolute Gasteiger partial charge is 0.142 e. The third kappa shape index (κ3) is 2.58. The molecule has 84 valence electrons. The molecule has 0 saturated heterocycles. The number of nitrogens with two attached hydrogens (primary N) is 1. The summed E-state index contributed by atoms with van der Waals surface area (Å²) in [6.45, 7) is 0. The normalized spacial score (nSPS) is 9.88. The number of hydrogen-bond donors (Lipinski definition) is 1. The van der Waals surface area contributed by atoms with E-state index in [9.17, 15) is 4.39 Å². The van der Waals surface area contributed by atoms with Crippen LogP contribution in [0.25, 0.3) is 0 Å². The van der Waals surface area contributed by atoms with Crippen molar-refractivity contribution in [2.75, 3.05) is 5.73 Å². The van der Waals surface area contributed by atoms with Crippen LogP contribution in [0.4, 0.5) is 10.1 Å². The van der Waals surface area contributed by atoms with Crippen molar-refractivity contribution >= 4 is 17.4 Å². The van der Waals surface area contributed by atoms with Crippen molar-refractivity contribution in [1.29, 1.82) is 5.26 Å². The van der Waals surface area contributed by atoms with Crippen LogP contribution in [0.5, 0.6) is 0 Å². The number of hydrogen-bond acceptors (Lipinski definition) is 3. The van der Waals surface area contributed by atoms with Crippen molar-refractivity contribution in [1.82, 2.24) is 0 Å². The number of nitrogen functional groups attached to an aromatic ring is 1. The zero-order valence-corrected chi connectivity index (χ0v) is 9.67. The van der Waals surface area contributed by atoms with E-state index >= 15 is 0 Å². The molecule has 0 aliphatic heterocycles. The minimum absolute atomic E-state index is 0.0781. The summed E-state index contributed by atoms with van der Waals surface area (Å²) >= 11 is 1.34. The zero-order chi connectivity index (χ0) is 12.3. The first kappa shape index (κ1) is 11.5. The highest BCUT2D eigenvalue weighted by atomic mass is 32.2. The molecule has 0 aliphatic rings. The van der Waals surface area contributed by atoms with Crippen molar-refractivity contribution in [3.8, 4) is 6.07 Å². The van der Waals surface area contributed by atoms with Gasteiger partial charge in [-0.25, -0.2) is 4.39 Å². The summed E-state index contributed by atoms with van der Waals surface area (Å²) in [5.74, 6) is -0.493. The van der Waals surface area contributed by atoms with Crippen LogP contribution in [-0.4, -0.2) is 0 Å². The van der Waals surface area contributed by atoms with Gasteiger partial charge >= 0.3 is 0 Å². The second kappa shape index (κ2) is 4.89. The second-order valence-corrected chi connectivity index (χ2v) is 4.51. The number of nitrogens with zero attached hydrogens (tertiary/aromatic N) is 1. The summed E-state index contributed by atoms with van der Waals surface area (Å²) in [4.78, 5) is 1.53. The summed E-state index contributed by atoms with van der Waals surface area (Å²) in [6.07, 6.45) is 0. The molecule has 0 spiro atoms. The van der Waals surface area contributed by atoms with E-state index in [1.54, 1.807) is 24.3 Å². The van der Waals surface area contributed by atoms with Gasteiger partial charge in [0.05, 0.1) is 0 Å². The van der Waals surface area contributed by atoms with Crippen LogP contribution in [0.15, 0.2) is 52.3 Å². The molecule has 0 heterocycles. The minimum atomic E-state index is -0.493. The van der Waals surface area contributed by atoms with E-state index in [1.165, 1.54) is 17.8 Å². The molecular weight excluding hydrogens is 235 g/mol. The van der Waals surface area contributed by atoms with Gasteiger partial charge in [-0.05, 0) is 36.4 Å². The molecule has 4 heteroatoms. The highest BCUT2D eigenvalue weighted by Crippen LogP contribution is 2.31. The third-order valence-electron chi connectivity index (χ3n) is 2.20. The molecule has 0 aliphatic carbocycles. The average molecular weight is 244 g/mol. The summed E-state index contributed by atoms with van der Waals surface area (Å²) in [5, 5.41) is 8.90. The molecule has 2 aromatic carbocycles. The lowest BCUT2D eigenvalue weighted by atomic mass is 10.2. The maximum Gasteiger partial charge on any atom is 0.142 e. The van der Waals surface area contributed by atoms with Gasteiger partial charge < -0.3 is 5.73 Å². The van der Waals surface area contributed by atoms with E-state index < -0.39 is 5.82 Å². The van der Waals surface area contributed by atoms with Crippen LogP contribution < -0.4 is 5.73 Å². The summed E-state index contributed by atoms with van der Waals surface area (Å²) in [7, 11) is 0. The maximum absolute atomic E-state index is 13.4. The van der Waals surface area contributed by atoms with Crippen LogP contribution >= 0.6 is 11.8 Å². The topological polar surface area (TPSA) is 49.8 Å². The van der Waals surface area contributed by atoms with E-state index in [0.717, 1.165) is 4.90 Å². The Morgan fingerprint density at radius 2 is 1.82 bits per heavy atom. The summed E-state index contributed by atoms with van der Waals surface area (Å²) < 4.78 is 13.4. The van der Waals surface area contributed by atoms with E-state index in [-0.39, 0.29) is 5.56 Å². The van der Waals surface area contributed by atoms with Gasteiger partial charge in [-0.2, -0.15) is 5.26 Å². The maximum atomic E-state index is 13.4. The lowest BCUT2D eigenvalue weighted by Crippen LogP contribution is -1.87. The molecular formula is C13H9FN2S. The van der Waals surface area contributed by atoms with Crippen LogP contribution in [0.3, 0.4) is 0 Å². The Hall–Kier alpha value is -1.99. The lowest BCUT2D eigenvalue weighted by Gasteiger charge is -2.04. The predicted molar refractivity (Wildman–Crippen MR) is 66.1 cm³/mol. The average Bonchev–Trinajstić information content (AvgIpc) is 2.32. The van der Waals surface area contributed by atoms with Crippen molar-refractivity contribution < 1.29 is 4.39 Å². The Morgan fingerprint density at radius 1 is 1.12 bits per heavy atom. The molecule has 17 heavy (non-hydrogen) atoms. The summed E-state index contributed by atoms with van der Waals surface area (Å²) in [6, 6.07) is 13.7. The molecule has 2 N–H and O–H groups in total. The fourth-order valence-corrected chi connectivity index (χ4v) is 2.28. The minimum Gasteiger partial charge on any atom is -0.399 e. The highest BCUT2D eigenvalue weighted by Gasteiger charge is 2.08. The van der Waals surface area contributed by atoms with Gasteiger partial charge in [0.2, 0.25) is 0 Å². The van der Waals surface area contributed by atoms with Gasteiger partial charge in [0.1, 0.15) is 17.4 Å². The van der Waals surface area contributed by atoms with Crippen LogP contribution in [-0.2, 0) is 0 Å². The Labute approximate surface area is 103 Å². The van der Waals surface area contributed by atoms with Crippen molar-refractivity contribution in [2.24, 2.45) is 0 Å². The Kier molecular flexibility index (Phi) is 3.31. The molecule has 0 fully saturated rings. The van der Waals surface area contributed by atoms with Gasteiger partial charge in [0.25, 0.3) is 0 Å². The summed E-state index contributed by atoms with van der Waals surface area (Å²) in [5.41, 5.74) is 6.33.